The molecule has 1 saturated heterocycles. The summed E-state index contributed by atoms with van der Waals surface area (Å²) in [5.74, 6) is 0.171. The molecule has 2 heterocycles. The van der Waals surface area contributed by atoms with Gasteiger partial charge >= 0.3 is 0 Å². The standard InChI is InChI=1S/C9H13BrO2/c1-5-6-3-4-7(12-6)9(2,10)8(5)11/h3-8,11H,1-2H3/t5-,6+,7-,8-,9+/m0/s1. The molecule has 0 aromatic heterocycles. The van der Waals surface area contributed by atoms with Crippen molar-refractivity contribution >= 4 is 15.9 Å². The van der Waals surface area contributed by atoms with Crippen molar-refractivity contribution in [2.75, 3.05) is 0 Å². The van der Waals surface area contributed by atoms with E-state index >= 15 is 0 Å². The first-order valence-electron chi connectivity index (χ1n) is 4.24. The van der Waals surface area contributed by atoms with Gasteiger partial charge in [0.05, 0.1) is 22.6 Å². The first kappa shape index (κ1) is 8.73. The Bertz CT molecular complexity index is 225. The summed E-state index contributed by atoms with van der Waals surface area (Å²) >= 11 is 3.53. The van der Waals surface area contributed by atoms with Crippen LogP contribution in [0.15, 0.2) is 12.2 Å². The van der Waals surface area contributed by atoms with E-state index in [-0.39, 0.29) is 28.6 Å². The molecule has 0 aromatic rings. The lowest BCUT2D eigenvalue weighted by molar-refractivity contribution is -0.0993. The van der Waals surface area contributed by atoms with Crippen LogP contribution in [0.4, 0.5) is 0 Å². The normalized spacial score (nSPS) is 57.7. The van der Waals surface area contributed by atoms with Crippen molar-refractivity contribution in [1.29, 1.82) is 0 Å². The highest BCUT2D eigenvalue weighted by Crippen LogP contribution is 2.43. The molecule has 0 aliphatic carbocycles. The number of ether oxygens (including phenoxy) is 1. The molecule has 3 heteroatoms. The molecular formula is C9H13BrO2. The number of hydrogen-bond donors (Lipinski definition) is 1. The van der Waals surface area contributed by atoms with Gasteiger partial charge in [0.25, 0.3) is 0 Å². The lowest BCUT2D eigenvalue weighted by Gasteiger charge is -2.42. The Morgan fingerprint density at radius 1 is 1.50 bits per heavy atom. The molecule has 2 aliphatic heterocycles. The minimum Gasteiger partial charge on any atom is -0.391 e. The van der Waals surface area contributed by atoms with Gasteiger partial charge in [0.2, 0.25) is 0 Å². The number of aliphatic hydroxyl groups excluding tert-OH is 1. The van der Waals surface area contributed by atoms with Crippen molar-refractivity contribution in [1.82, 2.24) is 0 Å². The van der Waals surface area contributed by atoms with Crippen LogP contribution in [0.25, 0.3) is 0 Å². The Labute approximate surface area is 80.7 Å². The van der Waals surface area contributed by atoms with Gasteiger partial charge in [0.1, 0.15) is 0 Å². The average Bonchev–Trinajstić information content (AvgIpc) is 2.46. The minimum atomic E-state index is -0.337. The van der Waals surface area contributed by atoms with E-state index in [0.717, 1.165) is 0 Å². The van der Waals surface area contributed by atoms with Crippen LogP contribution in [0, 0.1) is 5.92 Å². The molecule has 0 unspecified atom stereocenters. The van der Waals surface area contributed by atoms with Gasteiger partial charge in [-0.05, 0) is 6.92 Å². The number of fused-ring (bicyclic) bond motifs is 2. The Hall–Kier alpha value is 0.140. The molecule has 2 rings (SSSR count). The monoisotopic (exact) mass is 232 g/mol. The fourth-order valence-corrected chi connectivity index (χ4v) is 2.63. The predicted molar refractivity (Wildman–Crippen MR) is 50.3 cm³/mol. The van der Waals surface area contributed by atoms with Gasteiger partial charge < -0.3 is 9.84 Å². The number of aliphatic hydroxyl groups is 1. The lowest BCUT2D eigenvalue weighted by atomic mass is 9.86. The molecular weight excluding hydrogens is 220 g/mol. The molecule has 0 saturated carbocycles. The summed E-state index contributed by atoms with van der Waals surface area (Å²) < 4.78 is 5.35. The molecule has 2 aliphatic rings. The molecule has 1 fully saturated rings. The molecule has 68 valence electrons. The molecule has 5 atom stereocenters. The van der Waals surface area contributed by atoms with Crippen molar-refractivity contribution in [3.05, 3.63) is 12.2 Å². The molecule has 0 radical (unpaired) electrons. The molecule has 1 N–H and O–H groups in total. The summed E-state index contributed by atoms with van der Waals surface area (Å²) in [6.07, 6.45) is 3.87. The van der Waals surface area contributed by atoms with E-state index in [2.05, 4.69) is 15.9 Å². The van der Waals surface area contributed by atoms with Crippen LogP contribution in [0.3, 0.4) is 0 Å². The highest BCUT2D eigenvalue weighted by molar-refractivity contribution is 9.10. The van der Waals surface area contributed by atoms with Crippen LogP contribution < -0.4 is 0 Å². The van der Waals surface area contributed by atoms with Crippen molar-refractivity contribution in [2.45, 2.75) is 36.5 Å². The summed E-state index contributed by atoms with van der Waals surface area (Å²) in [6.45, 7) is 3.99. The van der Waals surface area contributed by atoms with E-state index in [4.69, 9.17) is 4.74 Å². The summed E-state index contributed by atoms with van der Waals surface area (Å²) in [4.78, 5) is 0. The van der Waals surface area contributed by atoms with E-state index in [0.29, 0.717) is 0 Å². The van der Waals surface area contributed by atoms with E-state index in [9.17, 15) is 5.11 Å². The van der Waals surface area contributed by atoms with Gasteiger partial charge in [-0.2, -0.15) is 0 Å². The Kier molecular flexibility index (Phi) is 1.86. The van der Waals surface area contributed by atoms with Crippen LogP contribution in [-0.2, 0) is 4.74 Å². The van der Waals surface area contributed by atoms with Gasteiger partial charge in [0, 0.05) is 5.92 Å². The quantitative estimate of drug-likeness (QED) is 0.507. The second-order valence-electron chi connectivity index (χ2n) is 3.86. The molecule has 2 nitrogen and oxygen atoms in total. The highest BCUT2D eigenvalue weighted by Gasteiger charge is 2.50. The van der Waals surface area contributed by atoms with Crippen molar-refractivity contribution in [3.63, 3.8) is 0 Å². The SMILES string of the molecule is C[C@H]1[C@H]2C=C[C@H](O2)[C@@](C)(Br)[C@H]1O. The fraction of sp³-hybridized carbons (Fsp3) is 0.778. The number of hydrogen-bond acceptors (Lipinski definition) is 2. The van der Waals surface area contributed by atoms with Crippen molar-refractivity contribution in [2.24, 2.45) is 5.92 Å². The fourth-order valence-electron chi connectivity index (χ4n) is 1.95. The third-order valence-electron chi connectivity index (χ3n) is 2.93. The average molecular weight is 233 g/mol. The molecule has 0 amide bonds. The van der Waals surface area contributed by atoms with E-state index in [1.165, 1.54) is 0 Å². The molecule has 0 aromatic carbocycles. The first-order valence-corrected chi connectivity index (χ1v) is 5.03. The largest absolute Gasteiger partial charge is 0.391 e. The van der Waals surface area contributed by atoms with Gasteiger partial charge in [0.15, 0.2) is 0 Å². The zero-order valence-electron chi connectivity index (χ0n) is 7.20. The summed E-state index contributed by atoms with van der Waals surface area (Å²) in [6, 6.07) is 0. The predicted octanol–water partition coefficient (Wildman–Crippen LogP) is 1.47. The van der Waals surface area contributed by atoms with Crippen LogP contribution in [-0.4, -0.2) is 27.7 Å². The molecule has 0 spiro atoms. The Morgan fingerprint density at radius 3 is 2.83 bits per heavy atom. The van der Waals surface area contributed by atoms with Crippen molar-refractivity contribution < 1.29 is 9.84 Å². The maximum Gasteiger partial charge on any atom is 0.0940 e. The maximum absolute atomic E-state index is 9.92. The molecule has 12 heavy (non-hydrogen) atoms. The summed E-state index contributed by atoms with van der Waals surface area (Å²) in [5.41, 5.74) is 0. The minimum absolute atomic E-state index is 0.0219. The second-order valence-corrected chi connectivity index (χ2v) is 5.57. The van der Waals surface area contributed by atoms with Crippen LogP contribution in [0.5, 0.6) is 0 Å². The number of rotatable bonds is 0. The zero-order valence-corrected chi connectivity index (χ0v) is 8.78. The first-order chi connectivity index (χ1) is 5.53. The van der Waals surface area contributed by atoms with Crippen LogP contribution >= 0.6 is 15.9 Å². The van der Waals surface area contributed by atoms with Gasteiger partial charge in [-0.1, -0.05) is 35.0 Å². The zero-order chi connectivity index (χ0) is 8.93. The van der Waals surface area contributed by atoms with Gasteiger partial charge in [-0.3, -0.25) is 0 Å². The molecule has 2 bridgehead atoms. The van der Waals surface area contributed by atoms with Crippen LogP contribution in [0.1, 0.15) is 13.8 Å². The summed E-state index contributed by atoms with van der Waals surface area (Å²) in [5, 5.41) is 9.92. The summed E-state index contributed by atoms with van der Waals surface area (Å²) in [7, 11) is 0. The van der Waals surface area contributed by atoms with Gasteiger partial charge in [-0.25, -0.2) is 0 Å². The number of halogens is 1. The third kappa shape index (κ3) is 0.998. The van der Waals surface area contributed by atoms with E-state index in [1.54, 1.807) is 0 Å². The number of alkyl halides is 1. The Balaban J connectivity index is 2.32. The smallest absolute Gasteiger partial charge is 0.0940 e. The lowest BCUT2D eigenvalue weighted by Crippen LogP contribution is -2.54. The Morgan fingerprint density at radius 2 is 2.17 bits per heavy atom. The topological polar surface area (TPSA) is 29.5 Å². The van der Waals surface area contributed by atoms with Crippen molar-refractivity contribution in [3.8, 4) is 0 Å². The van der Waals surface area contributed by atoms with E-state index < -0.39 is 0 Å². The maximum atomic E-state index is 9.92. The highest BCUT2D eigenvalue weighted by atomic mass is 79.9. The van der Waals surface area contributed by atoms with Gasteiger partial charge in [-0.15, -0.1) is 0 Å². The van der Waals surface area contributed by atoms with Crippen LogP contribution in [0.2, 0.25) is 0 Å². The van der Waals surface area contributed by atoms with E-state index in [1.807, 2.05) is 26.0 Å². The third-order valence-corrected chi connectivity index (χ3v) is 3.85. The second kappa shape index (κ2) is 2.56.